The Kier molecular flexibility index (Phi) is 4.68. The summed E-state index contributed by atoms with van der Waals surface area (Å²) in [7, 11) is 0. The van der Waals surface area contributed by atoms with Crippen molar-refractivity contribution in [3.05, 3.63) is 39.9 Å². The van der Waals surface area contributed by atoms with E-state index in [4.69, 9.17) is 5.73 Å². The number of carbonyl (C=O) groups is 1. The number of amides is 1. The first-order valence-corrected chi connectivity index (χ1v) is 6.83. The predicted molar refractivity (Wildman–Crippen MR) is 74.9 cm³/mol. The van der Waals surface area contributed by atoms with Gasteiger partial charge in [-0.15, -0.1) is 0 Å². The van der Waals surface area contributed by atoms with E-state index in [2.05, 4.69) is 5.32 Å². The van der Waals surface area contributed by atoms with Crippen LogP contribution in [-0.4, -0.2) is 16.9 Å². The van der Waals surface area contributed by atoms with Gasteiger partial charge in [-0.25, -0.2) is 0 Å². The number of hydrogen-bond acceptors (Lipinski definition) is 4. The van der Waals surface area contributed by atoms with Crippen LogP contribution in [0.15, 0.2) is 24.3 Å². The fraction of sp³-hybridized carbons (Fsp3) is 0.500. The van der Waals surface area contributed by atoms with E-state index in [0.29, 0.717) is 5.56 Å². The van der Waals surface area contributed by atoms with Crippen LogP contribution in [0, 0.1) is 16.0 Å². The second-order valence-corrected chi connectivity index (χ2v) is 5.22. The predicted octanol–water partition coefficient (Wildman–Crippen LogP) is 1.73. The number of carbonyl (C=O) groups excluding carboxylic acids is 1. The molecule has 1 saturated carbocycles. The summed E-state index contributed by atoms with van der Waals surface area (Å²) in [5.74, 6) is -0.0485. The molecule has 0 atom stereocenters. The van der Waals surface area contributed by atoms with Crippen LogP contribution in [0.5, 0.6) is 0 Å². The SMILES string of the molecule is NC1CCC(C(=O)NCc2ccccc2[N+](=O)[O-])CC1. The van der Waals surface area contributed by atoms with Crippen LogP contribution in [0.1, 0.15) is 31.2 Å². The lowest BCUT2D eigenvalue weighted by Gasteiger charge is -2.25. The van der Waals surface area contributed by atoms with Crippen molar-refractivity contribution < 1.29 is 9.72 Å². The van der Waals surface area contributed by atoms with Crippen LogP contribution in [0.3, 0.4) is 0 Å². The van der Waals surface area contributed by atoms with E-state index >= 15 is 0 Å². The average molecular weight is 277 g/mol. The normalized spacial score (nSPS) is 22.2. The average Bonchev–Trinajstić information content (AvgIpc) is 2.45. The second-order valence-electron chi connectivity index (χ2n) is 5.22. The topological polar surface area (TPSA) is 98.3 Å². The van der Waals surface area contributed by atoms with Gasteiger partial charge in [-0.3, -0.25) is 14.9 Å². The fourth-order valence-corrected chi connectivity index (χ4v) is 2.55. The maximum atomic E-state index is 12.0. The second kappa shape index (κ2) is 6.47. The van der Waals surface area contributed by atoms with Crippen molar-refractivity contribution >= 4 is 11.6 Å². The number of nitrogens with zero attached hydrogens (tertiary/aromatic N) is 1. The highest BCUT2D eigenvalue weighted by Crippen LogP contribution is 2.23. The summed E-state index contributed by atoms with van der Waals surface area (Å²) in [5.41, 5.74) is 6.38. The summed E-state index contributed by atoms with van der Waals surface area (Å²) in [5, 5.41) is 13.7. The van der Waals surface area contributed by atoms with Crippen LogP contribution >= 0.6 is 0 Å². The molecular formula is C14H19N3O3. The van der Waals surface area contributed by atoms with Crippen molar-refractivity contribution in [2.45, 2.75) is 38.3 Å². The van der Waals surface area contributed by atoms with Crippen molar-refractivity contribution in [3.63, 3.8) is 0 Å². The van der Waals surface area contributed by atoms with E-state index in [1.807, 2.05) is 0 Å². The molecule has 0 bridgehead atoms. The molecular weight excluding hydrogens is 258 g/mol. The molecule has 0 heterocycles. The molecule has 1 aliphatic rings. The summed E-state index contributed by atoms with van der Waals surface area (Å²) in [6.07, 6.45) is 3.32. The Morgan fingerprint density at radius 3 is 2.60 bits per heavy atom. The molecule has 20 heavy (non-hydrogen) atoms. The van der Waals surface area contributed by atoms with E-state index in [1.165, 1.54) is 6.07 Å². The Labute approximate surface area is 117 Å². The van der Waals surface area contributed by atoms with Gasteiger partial charge in [-0.1, -0.05) is 18.2 Å². The molecule has 0 saturated heterocycles. The Balaban J connectivity index is 1.92. The van der Waals surface area contributed by atoms with E-state index in [-0.39, 0.29) is 30.1 Å². The third-order valence-corrected chi connectivity index (χ3v) is 3.78. The third kappa shape index (κ3) is 3.54. The van der Waals surface area contributed by atoms with Gasteiger partial charge in [0.05, 0.1) is 4.92 Å². The first-order chi connectivity index (χ1) is 9.58. The lowest BCUT2D eigenvalue weighted by Crippen LogP contribution is -2.36. The van der Waals surface area contributed by atoms with Gasteiger partial charge in [0.15, 0.2) is 0 Å². The van der Waals surface area contributed by atoms with Gasteiger partial charge in [0, 0.05) is 30.1 Å². The molecule has 0 aromatic heterocycles. The summed E-state index contributed by atoms with van der Waals surface area (Å²) in [6, 6.07) is 6.66. The van der Waals surface area contributed by atoms with Gasteiger partial charge in [-0.2, -0.15) is 0 Å². The highest BCUT2D eigenvalue weighted by molar-refractivity contribution is 5.78. The van der Waals surface area contributed by atoms with Crippen LogP contribution < -0.4 is 11.1 Å². The van der Waals surface area contributed by atoms with Crippen LogP contribution in [0.2, 0.25) is 0 Å². The van der Waals surface area contributed by atoms with Crippen LogP contribution in [-0.2, 0) is 11.3 Å². The first kappa shape index (κ1) is 14.5. The minimum atomic E-state index is -0.429. The molecule has 3 N–H and O–H groups in total. The van der Waals surface area contributed by atoms with E-state index in [9.17, 15) is 14.9 Å². The molecule has 6 nitrogen and oxygen atoms in total. The lowest BCUT2D eigenvalue weighted by atomic mass is 9.86. The van der Waals surface area contributed by atoms with Gasteiger partial charge in [0.2, 0.25) is 5.91 Å². The zero-order chi connectivity index (χ0) is 14.5. The highest BCUT2D eigenvalue weighted by Gasteiger charge is 2.24. The Bertz CT molecular complexity index is 496. The molecule has 108 valence electrons. The molecule has 6 heteroatoms. The Hall–Kier alpha value is -1.95. The fourth-order valence-electron chi connectivity index (χ4n) is 2.55. The quantitative estimate of drug-likeness (QED) is 0.646. The maximum absolute atomic E-state index is 12.0. The number of nitro benzene ring substituents is 1. The molecule has 2 rings (SSSR count). The summed E-state index contributed by atoms with van der Waals surface area (Å²) >= 11 is 0. The van der Waals surface area contributed by atoms with Crippen molar-refractivity contribution in [3.8, 4) is 0 Å². The first-order valence-electron chi connectivity index (χ1n) is 6.83. The van der Waals surface area contributed by atoms with Crippen molar-refractivity contribution in [1.29, 1.82) is 0 Å². The number of rotatable bonds is 4. The Morgan fingerprint density at radius 1 is 1.30 bits per heavy atom. The number of nitrogens with two attached hydrogens (primary N) is 1. The number of hydrogen-bond donors (Lipinski definition) is 2. The molecule has 1 aromatic carbocycles. The van der Waals surface area contributed by atoms with Crippen LogP contribution in [0.25, 0.3) is 0 Å². The number of nitro groups is 1. The minimum Gasteiger partial charge on any atom is -0.352 e. The van der Waals surface area contributed by atoms with Gasteiger partial charge < -0.3 is 11.1 Å². The lowest BCUT2D eigenvalue weighted by molar-refractivity contribution is -0.385. The van der Waals surface area contributed by atoms with Crippen molar-refractivity contribution in [2.75, 3.05) is 0 Å². The molecule has 0 spiro atoms. The third-order valence-electron chi connectivity index (χ3n) is 3.78. The van der Waals surface area contributed by atoms with Gasteiger partial charge in [0.1, 0.15) is 0 Å². The Morgan fingerprint density at radius 2 is 1.95 bits per heavy atom. The number of nitrogens with one attached hydrogen (secondary N) is 1. The summed E-state index contributed by atoms with van der Waals surface area (Å²) < 4.78 is 0. The maximum Gasteiger partial charge on any atom is 0.274 e. The largest absolute Gasteiger partial charge is 0.352 e. The van der Waals surface area contributed by atoms with Crippen molar-refractivity contribution in [1.82, 2.24) is 5.32 Å². The van der Waals surface area contributed by atoms with Gasteiger partial charge >= 0.3 is 0 Å². The number of para-hydroxylation sites is 1. The molecule has 1 amide bonds. The monoisotopic (exact) mass is 277 g/mol. The smallest absolute Gasteiger partial charge is 0.274 e. The van der Waals surface area contributed by atoms with Crippen molar-refractivity contribution in [2.24, 2.45) is 11.7 Å². The molecule has 1 aromatic rings. The van der Waals surface area contributed by atoms with Crippen LogP contribution in [0.4, 0.5) is 5.69 Å². The minimum absolute atomic E-state index is 0.0161. The molecule has 1 aliphatic carbocycles. The van der Waals surface area contributed by atoms with E-state index < -0.39 is 4.92 Å². The highest BCUT2D eigenvalue weighted by atomic mass is 16.6. The number of benzene rings is 1. The van der Waals surface area contributed by atoms with Gasteiger partial charge in [-0.05, 0) is 25.7 Å². The summed E-state index contributed by atoms with van der Waals surface area (Å²) in [4.78, 5) is 22.5. The van der Waals surface area contributed by atoms with Gasteiger partial charge in [0.25, 0.3) is 5.69 Å². The standard InChI is InChI=1S/C14H19N3O3/c15-12-7-5-10(6-8-12)14(18)16-9-11-3-1-2-4-13(11)17(19)20/h1-4,10,12H,5-9,15H2,(H,16,18). The zero-order valence-corrected chi connectivity index (χ0v) is 11.2. The molecule has 0 radical (unpaired) electrons. The molecule has 0 aliphatic heterocycles. The van der Waals surface area contributed by atoms with E-state index in [0.717, 1.165) is 25.7 Å². The molecule has 1 fully saturated rings. The summed E-state index contributed by atoms with van der Waals surface area (Å²) in [6.45, 7) is 0.193. The zero-order valence-electron chi connectivity index (χ0n) is 11.2. The van der Waals surface area contributed by atoms with E-state index in [1.54, 1.807) is 18.2 Å². The molecule has 0 unspecified atom stereocenters.